The molecule has 6 nitrogen and oxygen atoms in total. The van der Waals surface area contributed by atoms with Crippen LogP contribution in [0.3, 0.4) is 0 Å². The Balaban J connectivity index is 3.62. The molecule has 0 radical (unpaired) electrons. The Morgan fingerprint density at radius 1 is 1.00 bits per heavy atom. The fourth-order valence-corrected chi connectivity index (χ4v) is 2.20. The van der Waals surface area contributed by atoms with Gasteiger partial charge < -0.3 is 0 Å². The molecule has 0 aliphatic rings. The molecule has 1 heterocycles. The molecule has 0 spiro atoms. The van der Waals surface area contributed by atoms with Gasteiger partial charge in [0.1, 0.15) is 0 Å². The lowest BCUT2D eigenvalue weighted by Gasteiger charge is -2.21. The molecule has 1 aromatic heterocycles. The summed E-state index contributed by atoms with van der Waals surface area (Å²) in [6.07, 6.45) is 1.58. The summed E-state index contributed by atoms with van der Waals surface area (Å²) < 4.78 is 3.44. The summed E-state index contributed by atoms with van der Waals surface area (Å²) in [5.41, 5.74) is -1.16. The van der Waals surface area contributed by atoms with E-state index < -0.39 is 17.1 Å². The van der Waals surface area contributed by atoms with E-state index in [-0.39, 0.29) is 18.5 Å². The van der Waals surface area contributed by atoms with Crippen molar-refractivity contribution >= 4 is 0 Å². The highest BCUT2D eigenvalue weighted by Gasteiger charge is 2.20. The molecule has 0 unspecified atom stereocenters. The van der Waals surface area contributed by atoms with Gasteiger partial charge >= 0.3 is 17.1 Å². The summed E-state index contributed by atoms with van der Waals surface area (Å²) in [5, 5.41) is 0. The zero-order chi connectivity index (χ0) is 17.1. The molecule has 0 N–H and O–H groups in total. The molecule has 124 valence electrons. The SMILES string of the molecule is C=C(C)Cn1c(=O)n(CCCC)c(=O)n(CC(C)(C)C)c1=O. The number of allylic oxidation sites excluding steroid dienone is 1. The van der Waals surface area contributed by atoms with Gasteiger partial charge in [-0.05, 0) is 18.8 Å². The monoisotopic (exact) mass is 309 g/mol. The molecular formula is C16H27N3O3. The maximum absolute atomic E-state index is 12.5. The molecule has 6 heteroatoms. The number of hydrogen-bond donors (Lipinski definition) is 0. The zero-order valence-corrected chi connectivity index (χ0v) is 14.3. The fraction of sp³-hybridized carbons (Fsp3) is 0.688. The summed E-state index contributed by atoms with van der Waals surface area (Å²) in [6.45, 7) is 14.1. The third kappa shape index (κ3) is 4.32. The predicted molar refractivity (Wildman–Crippen MR) is 88.4 cm³/mol. The van der Waals surface area contributed by atoms with Gasteiger partial charge in [0.2, 0.25) is 0 Å². The van der Waals surface area contributed by atoms with Crippen LogP contribution >= 0.6 is 0 Å². The normalized spacial score (nSPS) is 11.7. The van der Waals surface area contributed by atoms with Crippen molar-refractivity contribution in [2.24, 2.45) is 5.41 Å². The largest absolute Gasteiger partial charge is 0.336 e. The van der Waals surface area contributed by atoms with Crippen molar-refractivity contribution in [1.82, 2.24) is 13.7 Å². The highest BCUT2D eigenvalue weighted by atomic mass is 16.2. The summed E-state index contributed by atoms with van der Waals surface area (Å²) in [7, 11) is 0. The van der Waals surface area contributed by atoms with Crippen LogP contribution < -0.4 is 17.1 Å². The van der Waals surface area contributed by atoms with Gasteiger partial charge in [0.15, 0.2) is 0 Å². The van der Waals surface area contributed by atoms with Gasteiger partial charge in [0, 0.05) is 13.1 Å². The first-order chi connectivity index (χ1) is 10.1. The summed E-state index contributed by atoms with van der Waals surface area (Å²) in [6, 6.07) is 0. The third-order valence-electron chi connectivity index (χ3n) is 3.18. The minimum Gasteiger partial charge on any atom is -0.247 e. The Hall–Kier alpha value is -1.85. The average molecular weight is 309 g/mol. The Bertz CT molecular complexity index is 714. The number of aromatic nitrogens is 3. The Kier molecular flexibility index (Phi) is 5.74. The Morgan fingerprint density at radius 3 is 1.95 bits per heavy atom. The van der Waals surface area contributed by atoms with Crippen LogP contribution in [0.4, 0.5) is 0 Å². The fourth-order valence-electron chi connectivity index (χ4n) is 2.20. The van der Waals surface area contributed by atoms with Crippen LogP contribution in [0.5, 0.6) is 0 Å². The molecule has 0 bridgehead atoms. The van der Waals surface area contributed by atoms with E-state index in [1.807, 2.05) is 27.7 Å². The van der Waals surface area contributed by atoms with Crippen LogP contribution in [0.25, 0.3) is 0 Å². The molecule has 0 aliphatic heterocycles. The second kappa shape index (κ2) is 6.94. The first kappa shape index (κ1) is 18.2. The van der Waals surface area contributed by atoms with Crippen molar-refractivity contribution < 1.29 is 0 Å². The van der Waals surface area contributed by atoms with Crippen LogP contribution in [-0.4, -0.2) is 13.7 Å². The summed E-state index contributed by atoms with van der Waals surface area (Å²) in [4.78, 5) is 37.5. The number of nitrogens with zero attached hydrogens (tertiary/aromatic N) is 3. The zero-order valence-electron chi connectivity index (χ0n) is 14.3. The lowest BCUT2D eigenvalue weighted by atomic mass is 9.97. The molecule has 22 heavy (non-hydrogen) atoms. The lowest BCUT2D eigenvalue weighted by Crippen LogP contribution is -2.55. The van der Waals surface area contributed by atoms with Gasteiger partial charge in [0.25, 0.3) is 0 Å². The summed E-state index contributed by atoms with van der Waals surface area (Å²) in [5.74, 6) is 0. The molecular weight excluding hydrogens is 282 g/mol. The van der Waals surface area contributed by atoms with E-state index in [0.717, 1.165) is 17.4 Å². The second-order valence-electron chi connectivity index (χ2n) is 7.04. The van der Waals surface area contributed by atoms with Gasteiger partial charge in [-0.2, -0.15) is 0 Å². The van der Waals surface area contributed by atoms with Gasteiger partial charge in [-0.1, -0.05) is 46.3 Å². The van der Waals surface area contributed by atoms with Crippen LogP contribution in [0.15, 0.2) is 26.5 Å². The molecule has 0 fully saturated rings. The minimum atomic E-state index is -0.555. The Labute approximate surface area is 130 Å². The number of hydrogen-bond acceptors (Lipinski definition) is 3. The molecule has 0 aliphatic carbocycles. The second-order valence-corrected chi connectivity index (χ2v) is 7.04. The van der Waals surface area contributed by atoms with Crippen LogP contribution in [0.2, 0.25) is 0 Å². The van der Waals surface area contributed by atoms with Crippen LogP contribution in [-0.2, 0) is 19.6 Å². The number of rotatable bonds is 6. The van der Waals surface area contributed by atoms with Gasteiger partial charge in [0.05, 0.1) is 6.54 Å². The Morgan fingerprint density at radius 2 is 1.50 bits per heavy atom. The highest BCUT2D eigenvalue weighted by Crippen LogP contribution is 2.13. The van der Waals surface area contributed by atoms with Gasteiger partial charge in [-0.3, -0.25) is 0 Å². The average Bonchev–Trinajstić information content (AvgIpc) is 2.38. The topological polar surface area (TPSA) is 66.0 Å². The quantitative estimate of drug-likeness (QED) is 0.750. The van der Waals surface area contributed by atoms with E-state index >= 15 is 0 Å². The third-order valence-corrected chi connectivity index (χ3v) is 3.18. The highest BCUT2D eigenvalue weighted by molar-refractivity contribution is 4.91. The standard InChI is InChI=1S/C16H27N3O3/c1-7-8-9-17-13(20)18(10-12(2)3)15(22)19(14(17)21)11-16(4,5)6/h2,7-11H2,1,3-6H3. The minimum absolute atomic E-state index is 0.133. The van der Waals surface area contributed by atoms with Crippen LogP contribution in [0.1, 0.15) is 47.5 Å². The first-order valence-corrected chi connectivity index (χ1v) is 7.67. The van der Waals surface area contributed by atoms with E-state index in [0.29, 0.717) is 12.1 Å². The molecule has 0 saturated carbocycles. The maximum Gasteiger partial charge on any atom is 0.336 e. The summed E-state index contributed by atoms with van der Waals surface area (Å²) >= 11 is 0. The van der Waals surface area contributed by atoms with Gasteiger partial charge in [-0.25, -0.2) is 28.1 Å². The first-order valence-electron chi connectivity index (χ1n) is 7.67. The number of unbranched alkanes of at least 4 members (excludes halogenated alkanes) is 1. The van der Waals surface area contributed by atoms with Crippen LogP contribution in [0, 0.1) is 5.41 Å². The van der Waals surface area contributed by atoms with E-state index in [1.165, 1.54) is 9.13 Å². The maximum atomic E-state index is 12.5. The van der Waals surface area contributed by atoms with Crippen molar-refractivity contribution in [2.75, 3.05) is 0 Å². The van der Waals surface area contributed by atoms with Crippen molar-refractivity contribution in [3.63, 3.8) is 0 Å². The lowest BCUT2D eigenvalue weighted by molar-refractivity contribution is 0.309. The van der Waals surface area contributed by atoms with E-state index in [2.05, 4.69) is 6.58 Å². The molecule has 0 aromatic carbocycles. The van der Waals surface area contributed by atoms with Crippen molar-refractivity contribution in [3.8, 4) is 0 Å². The van der Waals surface area contributed by atoms with Gasteiger partial charge in [-0.15, -0.1) is 0 Å². The molecule has 1 rings (SSSR count). The van der Waals surface area contributed by atoms with Crippen molar-refractivity contribution in [1.29, 1.82) is 0 Å². The smallest absolute Gasteiger partial charge is 0.247 e. The van der Waals surface area contributed by atoms with E-state index in [4.69, 9.17) is 0 Å². The molecule has 0 amide bonds. The predicted octanol–water partition coefficient (Wildman–Crippen LogP) is 1.59. The van der Waals surface area contributed by atoms with Crippen molar-refractivity contribution in [3.05, 3.63) is 43.6 Å². The molecule has 0 saturated heterocycles. The molecule has 1 aromatic rings. The van der Waals surface area contributed by atoms with E-state index in [1.54, 1.807) is 6.92 Å². The van der Waals surface area contributed by atoms with E-state index in [9.17, 15) is 14.4 Å². The van der Waals surface area contributed by atoms with Crippen molar-refractivity contribution in [2.45, 2.75) is 67.1 Å². The molecule has 0 atom stereocenters.